The number of anilines is 1. The van der Waals surface area contributed by atoms with E-state index < -0.39 is 56.5 Å². The van der Waals surface area contributed by atoms with Crippen LogP contribution in [-0.2, 0) is 30.4 Å². The fraction of sp³-hybridized carbons (Fsp3) is 0. The zero-order chi connectivity index (χ0) is 26.6. The summed E-state index contributed by atoms with van der Waals surface area (Å²) in [5, 5.41) is 3.27. The topological polar surface area (TPSA) is 235 Å². The Morgan fingerprint density at radius 1 is 0.806 bits per heavy atom. The molecule has 0 unspecified atom stereocenters. The van der Waals surface area contributed by atoms with Crippen LogP contribution in [0.1, 0.15) is 15.9 Å². The molecule has 0 radical (unpaired) electrons. The zero-order valence-electron chi connectivity index (χ0n) is 17.7. The van der Waals surface area contributed by atoms with Crippen molar-refractivity contribution in [2.45, 2.75) is 9.79 Å². The number of ketones is 1. The van der Waals surface area contributed by atoms with Crippen molar-refractivity contribution >= 4 is 70.1 Å². The number of carbonyl (C=O) groups is 1. The smallest absolute Gasteiger partial charge is 0.301 e. The number of quaternary nitrogens is 1. The highest BCUT2D eigenvalue weighted by atomic mass is 32.2. The van der Waals surface area contributed by atoms with Crippen LogP contribution in [0, 0.1) is 0 Å². The minimum Gasteiger partial charge on any atom is -0.399 e. The SMILES string of the molecule is Nc1ccc2c(c1)C=C(S(=O)(=O)O)C(=N[NH2+]c1ccc3c(S(=O)(=O)O)cccc3c1S(=O)(=O)O)C2=O. The number of nitrogens with zero attached hydrogens (tertiary/aromatic N) is 1. The summed E-state index contributed by atoms with van der Waals surface area (Å²) < 4.78 is 101. The Balaban J connectivity index is 1.93. The van der Waals surface area contributed by atoms with Gasteiger partial charge in [0.2, 0.25) is 5.78 Å². The lowest BCUT2D eigenvalue weighted by molar-refractivity contribution is -0.579. The Kier molecular flexibility index (Phi) is 6.08. The van der Waals surface area contributed by atoms with Crippen molar-refractivity contribution in [3.8, 4) is 0 Å². The van der Waals surface area contributed by atoms with Crippen LogP contribution in [0.3, 0.4) is 0 Å². The first-order valence-corrected chi connectivity index (χ1v) is 14.0. The number of nitrogens with two attached hydrogens (primary N) is 2. The van der Waals surface area contributed by atoms with Crippen molar-refractivity contribution in [3.63, 3.8) is 0 Å². The number of fused-ring (bicyclic) bond motifs is 2. The van der Waals surface area contributed by atoms with E-state index in [0.717, 1.165) is 41.8 Å². The molecule has 0 bridgehead atoms. The van der Waals surface area contributed by atoms with Crippen LogP contribution in [0.25, 0.3) is 16.8 Å². The molecule has 0 heterocycles. The second-order valence-electron chi connectivity index (χ2n) is 7.55. The van der Waals surface area contributed by atoms with Gasteiger partial charge in [-0.1, -0.05) is 17.2 Å². The molecule has 3 aromatic carbocycles. The van der Waals surface area contributed by atoms with E-state index in [9.17, 15) is 43.7 Å². The van der Waals surface area contributed by atoms with E-state index in [1.165, 1.54) is 18.2 Å². The third-order valence-electron chi connectivity index (χ3n) is 5.20. The number of hydrogen-bond acceptors (Lipinski definition) is 9. The fourth-order valence-electron chi connectivity index (χ4n) is 3.74. The first-order valence-electron chi connectivity index (χ1n) is 9.64. The van der Waals surface area contributed by atoms with Crippen molar-refractivity contribution in [2.24, 2.45) is 5.10 Å². The molecule has 1 aliphatic rings. The summed E-state index contributed by atoms with van der Waals surface area (Å²) in [6.45, 7) is 0. The monoisotopic (exact) mass is 554 g/mol. The van der Waals surface area contributed by atoms with Gasteiger partial charge < -0.3 is 5.73 Å². The van der Waals surface area contributed by atoms with Gasteiger partial charge in [0.1, 0.15) is 9.80 Å². The average Bonchev–Trinajstić information content (AvgIpc) is 2.75. The quantitative estimate of drug-likeness (QED) is 0.127. The maximum Gasteiger partial charge on any atom is 0.301 e. The highest BCUT2D eigenvalue weighted by Gasteiger charge is 2.34. The van der Waals surface area contributed by atoms with E-state index in [0.29, 0.717) is 0 Å². The van der Waals surface area contributed by atoms with Crippen molar-refractivity contribution in [2.75, 3.05) is 5.73 Å². The van der Waals surface area contributed by atoms with Gasteiger partial charge in [0.15, 0.2) is 16.3 Å². The van der Waals surface area contributed by atoms with Crippen molar-refractivity contribution in [1.82, 2.24) is 0 Å². The minimum atomic E-state index is -5.04. The molecule has 0 saturated carbocycles. The van der Waals surface area contributed by atoms with E-state index in [1.54, 1.807) is 0 Å². The molecule has 1 aliphatic carbocycles. The van der Waals surface area contributed by atoms with Gasteiger partial charge in [0.25, 0.3) is 20.2 Å². The summed E-state index contributed by atoms with van der Waals surface area (Å²) in [4.78, 5) is 10.7. The largest absolute Gasteiger partial charge is 0.399 e. The Hall–Kier alpha value is -3.51. The molecule has 0 fully saturated rings. The fourth-order valence-corrected chi connectivity index (χ4v) is 5.99. The van der Waals surface area contributed by atoms with E-state index >= 15 is 0 Å². The minimum absolute atomic E-state index is 0.00931. The lowest BCUT2D eigenvalue weighted by Gasteiger charge is -2.15. The molecule has 0 amide bonds. The summed E-state index contributed by atoms with van der Waals surface area (Å²) >= 11 is 0. The molecule has 3 aromatic rings. The number of benzene rings is 3. The summed E-state index contributed by atoms with van der Waals surface area (Å²) in [7, 11) is -14.8. The molecular weight excluding hydrogens is 538 g/mol. The van der Waals surface area contributed by atoms with Gasteiger partial charge in [-0.15, -0.1) is 0 Å². The van der Waals surface area contributed by atoms with Gasteiger partial charge in [-0.25, -0.2) is 0 Å². The van der Waals surface area contributed by atoms with Crippen LogP contribution in [0.15, 0.2) is 68.3 Å². The summed E-state index contributed by atoms with van der Waals surface area (Å²) in [6.07, 6.45) is 0.970. The van der Waals surface area contributed by atoms with Crippen LogP contribution in [0.2, 0.25) is 0 Å². The van der Waals surface area contributed by atoms with E-state index in [4.69, 9.17) is 5.73 Å². The van der Waals surface area contributed by atoms with E-state index in [1.807, 2.05) is 0 Å². The van der Waals surface area contributed by atoms with Crippen LogP contribution in [0.4, 0.5) is 11.4 Å². The van der Waals surface area contributed by atoms with Gasteiger partial charge in [-0.05, 0) is 42.0 Å². The first-order chi connectivity index (χ1) is 16.6. The summed E-state index contributed by atoms with van der Waals surface area (Å²) in [5.41, 5.74) is 5.67. The molecule has 16 heteroatoms. The molecule has 0 aliphatic heterocycles. The normalized spacial score (nSPS) is 15.7. The number of carbonyl (C=O) groups excluding carboxylic acids is 1. The third-order valence-corrected chi connectivity index (χ3v) is 7.95. The number of Topliss-reactive ketones (excluding diaryl/α,β-unsaturated/α-hetero) is 1. The summed E-state index contributed by atoms with van der Waals surface area (Å²) in [6, 6.07) is 9.47. The predicted molar refractivity (Wildman–Crippen MR) is 127 cm³/mol. The molecule has 0 saturated heterocycles. The predicted octanol–water partition coefficient (Wildman–Crippen LogP) is 0.592. The first kappa shape index (κ1) is 25.6. The number of allylic oxidation sites excluding steroid dienone is 1. The second kappa shape index (κ2) is 8.56. The lowest BCUT2D eigenvalue weighted by atomic mass is 9.94. The molecule has 0 aromatic heterocycles. The Labute approximate surface area is 204 Å². The van der Waals surface area contributed by atoms with Gasteiger partial charge in [-0.2, -0.15) is 30.7 Å². The van der Waals surface area contributed by atoms with Gasteiger partial charge in [0.05, 0.1) is 0 Å². The maximum atomic E-state index is 13.0. The van der Waals surface area contributed by atoms with Gasteiger partial charge in [-0.3, -0.25) is 18.5 Å². The molecule has 4 rings (SSSR count). The van der Waals surface area contributed by atoms with Crippen LogP contribution in [-0.4, -0.2) is 50.4 Å². The van der Waals surface area contributed by atoms with Crippen molar-refractivity contribution < 1.29 is 49.1 Å². The molecule has 0 atom stereocenters. The van der Waals surface area contributed by atoms with Crippen LogP contribution in [0.5, 0.6) is 0 Å². The summed E-state index contributed by atoms with van der Waals surface area (Å²) in [5.74, 6) is -0.917. The maximum absolute atomic E-state index is 13.0. The van der Waals surface area contributed by atoms with E-state index in [-0.39, 0.29) is 33.3 Å². The Morgan fingerprint density at radius 2 is 1.50 bits per heavy atom. The van der Waals surface area contributed by atoms with Gasteiger partial charge >= 0.3 is 10.1 Å². The standard InChI is InChI=1S/C20H15N3O10S3/c21-11-4-5-12-10(8-11)9-17(35(28,29)30)18(19(12)24)23-22-15-7-6-13-14(20(15)36(31,32)33)2-1-3-16(13)34(25,26)27/h1-9,22H,21H2,(H,25,26,27)(H,28,29,30)(H,31,32,33)/p+1. The molecule has 13 nitrogen and oxygen atoms in total. The zero-order valence-corrected chi connectivity index (χ0v) is 20.2. The van der Waals surface area contributed by atoms with Crippen LogP contribution < -0.4 is 11.2 Å². The third kappa shape index (κ3) is 4.65. The number of rotatable bonds is 5. The van der Waals surface area contributed by atoms with Crippen molar-refractivity contribution in [3.05, 3.63) is 64.6 Å². The number of hydrogen-bond donors (Lipinski definition) is 5. The van der Waals surface area contributed by atoms with Gasteiger partial charge in [0, 0.05) is 28.1 Å². The average molecular weight is 555 g/mol. The highest BCUT2D eigenvalue weighted by Crippen LogP contribution is 2.32. The lowest BCUT2D eigenvalue weighted by Crippen LogP contribution is -2.72. The second-order valence-corrected chi connectivity index (χ2v) is 11.7. The van der Waals surface area contributed by atoms with Crippen molar-refractivity contribution in [1.29, 1.82) is 0 Å². The molecule has 188 valence electrons. The van der Waals surface area contributed by atoms with Crippen LogP contribution >= 0.6 is 0 Å². The Morgan fingerprint density at radius 3 is 2.11 bits per heavy atom. The van der Waals surface area contributed by atoms with E-state index in [2.05, 4.69) is 5.10 Å². The Bertz CT molecular complexity index is 1860. The molecule has 36 heavy (non-hydrogen) atoms. The molecule has 0 spiro atoms. The highest BCUT2D eigenvalue weighted by molar-refractivity contribution is 7.91. The number of nitrogen functional groups attached to an aromatic ring is 1. The molecular formula is C20H16N3O10S3+. The molecule has 7 N–H and O–H groups in total.